The molecule has 1 aromatic rings. The zero-order valence-corrected chi connectivity index (χ0v) is 21.5. The van der Waals surface area contributed by atoms with Crippen LogP contribution in [-0.4, -0.2) is 22.0 Å². The Bertz CT molecular complexity index is 1040. The molecule has 1 N–H and O–H groups in total. The Labute approximate surface area is 203 Å². The molecule has 0 spiro atoms. The maximum Gasteiger partial charge on any atom is 0.309 e. The molecule has 0 radical (unpaired) electrons. The van der Waals surface area contributed by atoms with Crippen molar-refractivity contribution in [1.82, 2.24) is 5.16 Å². The minimum Gasteiger partial charge on any atom is -0.481 e. The number of aliphatic carboxylic acids is 1. The summed E-state index contributed by atoms with van der Waals surface area (Å²) in [4.78, 5) is 26.8. The van der Waals surface area contributed by atoms with E-state index in [0.29, 0.717) is 35.9 Å². The molecule has 6 rings (SSSR count). The maximum absolute atomic E-state index is 14.1. The van der Waals surface area contributed by atoms with E-state index < -0.39 is 11.4 Å². The molecule has 0 aliphatic heterocycles. The molecule has 34 heavy (non-hydrogen) atoms. The lowest BCUT2D eigenvalue weighted by molar-refractivity contribution is -0.199. The van der Waals surface area contributed by atoms with Crippen molar-refractivity contribution in [2.24, 2.45) is 51.2 Å². The molecule has 0 aromatic carbocycles. The zero-order chi connectivity index (χ0) is 24.3. The standard InChI is InChI=1S/C29H41NO4/c1-16-18-6-8-27(4)19-7-9-29(25(32)33)11-10-26(2,3)14-20(29)23(19)21(31)12-22(27)28(18,5)13-17-15-30-34-24(16)17/h15-16,18-20,22-23H,6-14H2,1-5H3,(H,32,33). The summed E-state index contributed by atoms with van der Waals surface area (Å²) < 4.78 is 5.67. The average Bonchev–Trinajstić information content (AvgIpc) is 3.22. The summed E-state index contributed by atoms with van der Waals surface area (Å²) in [6, 6.07) is 0. The van der Waals surface area contributed by atoms with Crippen LogP contribution in [0.1, 0.15) is 103 Å². The second kappa shape index (κ2) is 6.97. The molecule has 1 aromatic heterocycles. The summed E-state index contributed by atoms with van der Waals surface area (Å²) in [5.41, 5.74) is 0.778. The van der Waals surface area contributed by atoms with E-state index in [9.17, 15) is 14.7 Å². The molecule has 4 fully saturated rings. The molecule has 186 valence electrons. The van der Waals surface area contributed by atoms with Crippen LogP contribution >= 0.6 is 0 Å². The van der Waals surface area contributed by atoms with E-state index in [-0.39, 0.29) is 28.1 Å². The Kier molecular flexibility index (Phi) is 4.67. The SMILES string of the molecule is CC1c2oncc2CC2(C)C1CCC1(C)C3CCC4(C(=O)O)CCC(C)(C)CC4C3C(=O)CC21. The summed E-state index contributed by atoms with van der Waals surface area (Å²) >= 11 is 0. The van der Waals surface area contributed by atoms with Crippen LogP contribution in [-0.2, 0) is 16.0 Å². The number of aromatic nitrogens is 1. The fourth-order valence-corrected chi connectivity index (χ4v) is 10.5. The van der Waals surface area contributed by atoms with Gasteiger partial charge in [-0.1, -0.05) is 39.8 Å². The molecular weight excluding hydrogens is 426 g/mol. The van der Waals surface area contributed by atoms with Gasteiger partial charge < -0.3 is 9.63 Å². The summed E-state index contributed by atoms with van der Waals surface area (Å²) in [6.45, 7) is 11.7. The van der Waals surface area contributed by atoms with Gasteiger partial charge in [0.05, 0.1) is 11.6 Å². The van der Waals surface area contributed by atoms with E-state index in [1.165, 1.54) is 5.56 Å². The highest BCUT2D eigenvalue weighted by molar-refractivity contribution is 5.85. The summed E-state index contributed by atoms with van der Waals surface area (Å²) in [5, 5.41) is 14.6. The van der Waals surface area contributed by atoms with Crippen LogP contribution in [0, 0.1) is 51.2 Å². The third kappa shape index (κ3) is 2.76. The molecule has 5 aliphatic carbocycles. The van der Waals surface area contributed by atoms with Crippen molar-refractivity contribution < 1.29 is 19.2 Å². The first-order chi connectivity index (χ1) is 15.9. The van der Waals surface area contributed by atoms with Crippen LogP contribution in [0.4, 0.5) is 0 Å². The van der Waals surface area contributed by atoms with Gasteiger partial charge in [-0.3, -0.25) is 9.59 Å². The first-order valence-corrected chi connectivity index (χ1v) is 13.6. The maximum atomic E-state index is 14.1. The van der Waals surface area contributed by atoms with Crippen LogP contribution < -0.4 is 0 Å². The molecule has 5 heteroatoms. The Balaban J connectivity index is 1.41. The largest absolute Gasteiger partial charge is 0.481 e. The quantitative estimate of drug-likeness (QED) is 0.526. The second-order valence-electron chi connectivity index (χ2n) is 14.2. The first-order valence-electron chi connectivity index (χ1n) is 13.6. The third-order valence-electron chi connectivity index (χ3n) is 12.2. The second-order valence-corrected chi connectivity index (χ2v) is 14.2. The van der Waals surface area contributed by atoms with Gasteiger partial charge in [-0.25, -0.2) is 0 Å². The van der Waals surface area contributed by atoms with Gasteiger partial charge in [0, 0.05) is 23.8 Å². The smallest absolute Gasteiger partial charge is 0.309 e. The number of Topliss-reactive ketones (excluding diaryl/α,β-unsaturated/α-hetero) is 1. The van der Waals surface area contributed by atoms with Crippen molar-refractivity contribution in [2.45, 2.75) is 98.3 Å². The fourth-order valence-electron chi connectivity index (χ4n) is 10.5. The number of carboxylic acids is 1. The fraction of sp³-hybridized carbons (Fsp3) is 0.828. The van der Waals surface area contributed by atoms with Crippen LogP contribution in [0.25, 0.3) is 0 Å². The van der Waals surface area contributed by atoms with E-state index in [4.69, 9.17) is 4.52 Å². The third-order valence-corrected chi connectivity index (χ3v) is 12.2. The van der Waals surface area contributed by atoms with Gasteiger partial charge in [0.25, 0.3) is 0 Å². The lowest BCUT2D eigenvalue weighted by Crippen LogP contribution is -2.64. The number of carbonyl (C=O) groups excluding carboxylic acids is 1. The number of hydrogen-bond donors (Lipinski definition) is 1. The van der Waals surface area contributed by atoms with Gasteiger partial charge in [-0.2, -0.15) is 0 Å². The predicted octanol–water partition coefficient (Wildman–Crippen LogP) is 6.27. The Morgan fingerprint density at radius 1 is 1.03 bits per heavy atom. The number of nitrogens with zero attached hydrogens (tertiary/aromatic N) is 1. The van der Waals surface area contributed by atoms with Crippen molar-refractivity contribution in [3.63, 3.8) is 0 Å². The summed E-state index contributed by atoms with van der Waals surface area (Å²) in [6.07, 6.45) is 9.93. The number of ketones is 1. The highest BCUT2D eigenvalue weighted by Crippen LogP contribution is 2.71. The number of fused-ring (bicyclic) bond motifs is 8. The minimum atomic E-state index is -0.701. The first kappa shape index (κ1) is 22.8. The predicted molar refractivity (Wildman–Crippen MR) is 128 cm³/mol. The summed E-state index contributed by atoms with van der Waals surface area (Å²) in [5.74, 6) is 2.16. The van der Waals surface area contributed by atoms with E-state index >= 15 is 0 Å². The minimum absolute atomic E-state index is 0.0155. The van der Waals surface area contributed by atoms with E-state index in [1.807, 2.05) is 6.20 Å². The van der Waals surface area contributed by atoms with E-state index in [0.717, 1.165) is 57.1 Å². The average molecular weight is 468 g/mol. The van der Waals surface area contributed by atoms with Gasteiger partial charge in [0.1, 0.15) is 11.5 Å². The monoisotopic (exact) mass is 467 g/mol. The topological polar surface area (TPSA) is 80.4 Å². The van der Waals surface area contributed by atoms with E-state index in [1.54, 1.807) is 0 Å². The van der Waals surface area contributed by atoms with Crippen LogP contribution in [0.5, 0.6) is 0 Å². The van der Waals surface area contributed by atoms with Crippen LogP contribution in [0.3, 0.4) is 0 Å². The normalized spacial score (nSPS) is 49.1. The molecule has 0 bridgehead atoms. The number of rotatable bonds is 1. The van der Waals surface area contributed by atoms with Crippen LogP contribution in [0.2, 0.25) is 0 Å². The number of carboxylic acid groups (broad SMARTS) is 1. The molecule has 0 saturated heterocycles. The Morgan fingerprint density at radius 2 is 1.76 bits per heavy atom. The highest BCUT2D eigenvalue weighted by Gasteiger charge is 2.68. The lowest BCUT2D eigenvalue weighted by Gasteiger charge is -2.67. The molecule has 0 amide bonds. The number of carbonyl (C=O) groups is 2. The molecular formula is C29H41NO4. The Morgan fingerprint density at radius 3 is 2.50 bits per heavy atom. The van der Waals surface area contributed by atoms with Crippen molar-refractivity contribution in [3.05, 3.63) is 17.5 Å². The lowest BCUT2D eigenvalue weighted by atomic mass is 9.36. The molecule has 1 heterocycles. The van der Waals surface area contributed by atoms with Gasteiger partial charge >= 0.3 is 5.97 Å². The van der Waals surface area contributed by atoms with Gasteiger partial charge in [0.15, 0.2) is 0 Å². The van der Waals surface area contributed by atoms with Gasteiger partial charge in [-0.05, 0) is 91.3 Å². The molecule has 5 aliphatic rings. The van der Waals surface area contributed by atoms with Crippen molar-refractivity contribution in [3.8, 4) is 0 Å². The van der Waals surface area contributed by atoms with Crippen molar-refractivity contribution >= 4 is 11.8 Å². The summed E-state index contributed by atoms with van der Waals surface area (Å²) in [7, 11) is 0. The van der Waals surface area contributed by atoms with Gasteiger partial charge in [-0.15, -0.1) is 0 Å². The molecule has 5 nitrogen and oxygen atoms in total. The van der Waals surface area contributed by atoms with Crippen molar-refractivity contribution in [2.75, 3.05) is 0 Å². The Hall–Kier alpha value is -1.65. The highest BCUT2D eigenvalue weighted by atomic mass is 16.5. The van der Waals surface area contributed by atoms with Crippen LogP contribution in [0.15, 0.2) is 10.7 Å². The molecule has 4 saturated carbocycles. The molecule has 9 unspecified atom stereocenters. The van der Waals surface area contributed by atoms with Gasteiger partial charge in [0.2, 0.25) is 0 Å². The van der Waals surface area contributed by atoms with Crippen molar-refractivity contribution in [1.29, 1.82) is 0 Å². The zero-order valence-electron chi connectivity index (χ0n) is 21.5. The van der Waals surface area contributed by atoms with E-state index in [2.05, 4.69) is 39.8 Å². The number of hydrogen-bond acceptors (Lipinski definition) is 4. The molecule has 9 atom stereocenters.